The summed E-state index contributed by atoms with van der Waals surface area (Å²) >= 11 is 11.8. The van der Waals surface area contributed by atoms with Gasteiger partial charge in [0.05, 0.1) is 33.3 Å². The first-order valence-electron chi connectivity index (χ1n) is 4.86. The van der Waals surface area contributed by atoms with Crippen LogP contribution >= 0.6 is 23.2 Å². The number of nitrogens with zero attached hydrogens (tertiary/aromatic N) is 2. The molecule has 0 saturated carbocycles. The molecule has 1 aromatic carbocycles. The van der Waals surface area contributed by atoms with Crippen LogP contribution < -0.4 is 5.73 Å². The molecular weight excluding hydrogens is 257 g/mol. The molecule has 0 unspecified atom stereocenters. The molecular formula is C12H9Cl2N3. The minimum Gasteiger partial charge on any atom is -0.396 e. The number of aromatic nitrogens is 1. The fourth-order valence-electron chi connectivity index (χ4n) is 1.24. The van der Waals surface area contributed by atoms with Crippen molar-refractivity contribution in [1.82, 2.24) is 4.98 Å². The lowest BCUT2D eigenvalue weighted by atomic mass is 10.3. The molecule has 0 spiro atoms. The molecule has 0 bridgehead atoms. The summed E-state index contributed by atoms with van der Waals surface area (Å²) in [6.45, 7) is 0. The molecule has 0 amide bonds. The molecule has 1 aromatic heterocycles. The van der Waals surface area contributed by atoms with Gasteiger partial charge in [-0.15, -0.1) is 0 Å². The normalized spacial score (nSPS) is 10.9. The van der Waals surface area contributed by atoms with Gasteiger partial charge in [-0.1, -0.05) is 29.3 Å². The van der Waals surface area contributed by atoms with Gasteiger partial charge < -0.3 is 5.73 Å². The van der Waals surface area contributed by atoms with Gasteiger partial charge in [-0.2, -0.15) is 0 Å². The van der Waals surface area contributed by atoms with Gasteiger partial charge in [0.15, 0.2) is 0 Å². The summed E-state index contributed by atoms with van der Waals surface area (Å²) in [5, 5.41) is 0.788. The van der Waals surface area contributed by atoms with Crippen LogP contribution in [0.25, 0.3) is 0 Å². The predicted octanol–water partition coefficient (Wildman–Crippen LogP) is 3.72. The Morgan fingerprint density at radius 1 is 1.18 bits per heavy atom. The van der Waals surface area contributed by atoms with E-state index in [9.17, 15) is 0 Å². The summed E-state index contributed by atoms with van der Waals surface area (Å²) in [7, 11) is 0. The van der Waals surface area contributed by atoms with E-state index in [2.05, 4.69) is 9.98 Å². The molecule has 5 heteroatoms. The number of hydrogen-bond acceptors (Lipinski definition) is 3. The van der Waals surface area contributed by atoms with Crippen molar-refractivity contribution in [2.75, 3.05) is 5.73 Å². The second-order valence-electron chi connectivity index (χ2n) is 3.34. The molecule has 1 heterocycles. The first-order valence-corrected chi connectivity index (χ1v) is 5.62. The van der Waals surface area contributed by atoms with Crippen molar-refractivity contribution in [2.24, 2.45) is 4.99 Å². The van der Waals surface area contributed by atoms with Crippen molar-refractivity contribution < 1.29 is 0 Å². The number of halogens is 2. The molecule has 3 nitrogen and oxygen atoms in total. The van der Waals surface area contributed by atoms with E-state index in [0.717, 1.165) is 5.69 Å². The number of nitrogens with two attached hydrogens (primary N) is 1. The molecule has 0 atom stereocenters. The molecule has 0 aliphatic heterocycles. The summed E-state index contributed by atoms with van der Waals surface area (Å²) in [6, 6.07) is 8.89. The second kappa shape index (κ2) is 5.17. The van der Waals surface area contributed by atoms with Crippen molar-refractivity contribution >= 4 is 40.8 Å². The maximum absolute atomic E-state index is 5.90. The summed E-state index contributed by atoms with van der Waals surface area (Å²) in [5.41, 5.74) is 7.40. The molecule has 0 aliphatic rings. The molecule has 0 radical (unpaired) electrons. The SMILES string of the molecule is Nc1c(Cl)cc(N=Cc2ccccn2)cc1Cl. The number of nitrogen functional groups attached to an aromatic ring is 1. The van der Waals surface area contributed by atoms with Gasteiger partial charge >= 0.3 is 0 Å². The Balaban J connectivity index is 2.28. The Kier molecular flexibility index (Phi) is 3.61. The van der Waals surface area contributed by atoms with Crippen LogP contribution in [0, 0.1) is 0 Å². The lowest BCUT2D eigenvalue weighted by molar-refractivity contribution is 1.30. The maximum atomic E-state index is 5.90. The van der Waals surface area contributed by atoms with Crippen LogP contribution in [-0.2, 0) is 0 Å². The Bertz CT molecular complexity index is 530. The number of rotatable bonds is 2. The van der Waals surface area contributed by atoms with Crippen LogP contribution in [0.5, 0.6) is 0 Å². The topological polar surface area (TPSA) is 51.3 Å². The minimum atomic E-state index is 0.366. The van der Waals surface area contributed by atoms with Crippen LogP contribution in [-0.4, -0.2) is 11.2 Å². The first-order chi connectivity index (χ1) is 8.16. The van der Waals surface area contributed by atoms with E-state index in [1.54, 1.807) is 24.5 Å². The molecule has 17 heavy (non-hydrogen) atoms. The Hall–Kier alpha value is -1.58. The monoisotopic (exact) mass is 265 g/mol. The van der Waals surface area contributed by atoms with Gasteiger partial charge in [0.25, 0.3) is 0 Å². The Morgan fingerprint density at radius 2 is 1.88 bits per heavy atom. The lowest BCUT2D eigenvalue weighted by Crippen LogP contribution is -1.88. The van der Waals surface area contributed by atoms with Gasteiger partial charge in [0, 0.05) is 6.20 Å². The van der Waals surface area contributed by atoms with Gasteiger partial charge in [-0.25, -0.2) is 0 Å². The third kappa shape index (κ3) is 2.96. The van der Waals surface area contributed by atoms with Crippen LogP contribution in [0.3, 0.4) is 0 Å². The van der Waals surface area contributed by atoms with Crippen molar-refractivity contribution in [3.05, 3.63) is 52.3 Å². The average molecular weight is 266 g/mol. The number of hydrogen-bond donors (Lipinski definition) is 1. The number of pyridine rings is 1. The largest absolute Gasteiger partial charge is 0.396 e. The van der Waals surface area contributed by atoms with E-state index < -0.39 is 0 Å². The second-order valence-corrected chi connectivity index (χ2v) is 4.15. The van der Waals surface area contributed by atoms with Crippen molar-refractivity contribution in [2.45, 2.75) is 0 Å². The van der Waals surface area contributed by atoms with Crippen LogP contribution in [0.15, 0.2) is 41.5 Å². The number of anilines is 1. The maximum Gasteiger partial charge on any atom is 0.0812 e. The predicted molar refractivity (Wildman–Crippen MR) is 72.4 cm³/mol. The van der Waals surface area contributed by atoms with Crippen molar-refractivity contribution in [3.8, 4) is 0 Å². The lowest BCUT2D eigenvalue weighted by Gasteiger charge is -2.02. The third-order valence-electron chi connectivity index (χ3n) is 2.10. The van der Waals surface area contributed by atoms with Gasteiger partial charge in [0.1, 0.15) is 0 Å². The molecule has 2 rings (SSSR count). The Labute approximate surface area is 109 Å². The highest BCUT2D eigenvalue weighted by Gasteiger charge is 2.03. The van der Waals surface area contributed by atoms with E-state index >= 15 is 0 Å². The quantitative estimate of drug-likeness (QED) is 0.665. The van der Waals surface area contributed by atoms with Gasteiger partial charge in [0.2, 0.25) is 0 Å². The van der Waals surface area contributed by atoms with E-state index in [0.29, 0.717) is 21.4 Å². The zero-order chi connectivity index (χ0) is 12.3. The standard InChI is InChI=1S/C12H9Cl2N3/c13-10-5-9(6-11(14)12(10)15)17-7-8-3-1-2-4-16-8/h1-7H,15H2. The Morgan fingerprint density at radius 3 is 2.47 bits per heavy atom. The van der Waals surface area contributed by atoms with Gasteiger partial charge in [-0.05, 0) is 24.3 Å². The van der Waals surface area contributed by atoms with E-state index in [4.69, 9.17) is 28.9 Å². The molecule has 2 aromatic rings. The number of aliphatic imine (C=N–C) groups is 1. The van der Waals surface area contributed by atoms with Crippen molar-refractivity contribution in [3.63, 3.8) is 0 Å². The summed E-state index contributed by atoms with van der Waals surface area (Å²) in [6.07, 6.45) is 3.34. The van der Waals surface area contributed by atoms with Gasteiger partial charge in [-0.3, -0.25) is 9.98 Å². The van der Waals surface area contributed by atoms with Crippen LogP contribution in [0.4, 0.5) is 11.4 Å². The van der Waals surface area contributed by atoms with E-state index in [-0.39, 0.29) is 0 Å². The summed E-state index contributed by atoms with van der Waals surface area (Å²) < 4.78 is 0. The highest BCUT2D eigenvalue weighted by molar-refractivity contribution is 6.39. The fraction of sp³-hybridized carbons (Fsp3) is 0. The third-order valence-corrected chi connectivity index (χ3v) is 2.72. The summed E-state index contributed by atoms with van der Waals surface area (Å²) in [4.78, 5) is 8.34. The zero-order valence-corrected chi connectivity index (χ0v) is 10.3. The minimum absolute atomic E-state index is 0.366. The molecule has 0 aliphatic carbocycles. The van der Waals surface area contributed by atoms with Crippen LogP contribution in [0.1, 0.15) is 5.69 Å². The van der Waals surface area contributed by atoms with E-state index in [1.807, 2.05) is 18.2 Å². The first kappa shape index (κ1) is 11.9. The molecule has 2 N–H and O–H groups in total. The molecule has 86 valence electrons. The van der Waals surface area contributed by atoms with Crippen LogP contribution in [0.2, 0.25) is 10.0 Å². The summed E-state index contributed by atoms with van der Waals surface area (Å²) in [5.74, 6) is 0. The zero-order valence-electron chi connectivity index (χ0n) is 8.77. The number of benzene rings is 1. The van der Waals surface area contributed by atoms with E-state index in [1.165, 1.54) is 0 Å². The molecule has 0 fully saturated rings. The molecule has 0 saturated heterocycles. The highest BCUT2D eigenvalue weighted by Crippen LogP contribution is 2.32. The smallest absolute Gasteiger partial charge is 0.0812 e. The highest BCUT2D eigenvalue weighted by atomic mass is 35.5. The fourth-order valence-corrected chi connectivity index (χ4v) is 1.71. The van der Waals surface area contributed by atoms with Crippen molar-refractivity contribution in [1.29, 1.82) is 0 Å². The average Bonchev–Trinajstić information content (AvgIpc) is 2.34.